The molecule has 0 fully saturated rings. The molecule has 0 aliphatic carbocycles. The Kier molecular flexibility index (Phi) is 5.36. The highest BCUT2D eigenvalue weighted by Crippen LogP contribution is 1.95. The normalized spacial score (nSPS) is 11.7. The number of alkyl carbamates (subject to hydrolysis) is 1. The molecule has 1 atom stereocenters. The van der Waals surface area contributed by atoms with Crippen LogP contribution in [0.5, 0.6) is 0 Å². The summed E-state index contributed by atoms with van der Waals surface area (Å²) in [6, 6.07) is -0.0233. The number of rotatable bonds is 4. The summed E-state index contributed by atoms with van der Waals surface area (Å²) < 4.78 is 9.30. The first-order valence-electron chi connectivity index (χ1n) is 4.26. The minimum atomic E-state index is -0.917. The number of amides is 1. The van der Waals surface area contributed by atoms with E-state index >= 15 is 0 Å². The fraction of sp³-hybridized carbons (Fsp3) is 0.556. The summed E-state index contributed by atoms with van der Waals surface area (Å²) >= 11 is 0. The maximum Gasteiger partial charge on any atom is 0.410 e. The van der Waals surface area contributed by atoms with Gasteiger partial charge in [-0.05, 0) is 13.8 Å². The van der Waals surface area contributed by atoms with Crippen molar-refractivity contribution in [2.45, 2.75) is 33.1 Å². The van der Waals surface area contributed by atoms with Crippen molar-refractivity contribution in [3.63, 3.8) is 0 Å². The lowest BCUT2D eigenvalue weighted by Crippen LogP contribution is -2.34. The van der Waals surface area contributed by atoms with Gasteiger partial charge in [-0.2, -0.15) is 0 Å². The zero-order chi connectivity index (χ0) is 11.1. The summed E-state index contributed by atoms with van der Waals surface area (Å²) in [5, 5.41) is 2.49. The van der Waals surface area contributed by atoms with E-state index in [9.17, 15) is 9.59 Å². The molecule has 0 aromatic heterocycles. The van der Waals surface area contributed by atoms with Gasteiger partial charge >= 0.3 is 12.1 Å². The van der Waals surface area contributed by atoms with Crippen LogP contribution in [0.15, 0.2) is 12.7 Å². The Morgan fingerprint density at radius 2 is 1.86 bits per heavy atom. The van der Waals surface area contributed by atoms with Crippen molar-refractivity contribution in [2.75, 3.05) is 0 Å². The molecular weight excluding hydrogens is 186 g/mol. The third-order valence-electron chi connectivity index (χ3n) is 1.13. The van der Waals surface area contributed by atoms with Crippen LogP contribution in [-0.2, 0) is 14.3 Å². The van der Waals surface area contributed by atoms with Crippen molar-refractivity contribution in [3.05, 3.63) is 12.7 Å². The Bertz CT molecular complexity index is 225. The molecule has 0 aromatic rings. The van der Waals surface area contributed by atoms with Gasteiger partial charge in [0.25, 0.3) is 0 Å². The van der Waals surface area contributed by atoms with Crippen LogP contribution in [0, 0.1) is 0 Å². The molecule has 0 bridgehead atoms. The first-order valence-corrected chi connectivity index (χ1v) is 4.26. The van der Waals surface area contributed by atoms with E-state index in [0.717, 1.165) is 6.08 Å². The predicted molar refractivity (Wildman–Crippen MR) is 50.5 cm³/mol. The molecule has 80 valence electrons. The summed E-state index contributed by atoms with van der Waals surface area (Å²) in [6.07, 6.45) is -0.538. The van der Waals surface area contributed by atoms with Gasteiger partial charge in [-0.3, -0.25) is 0 Å². The van der Waals surface area contributed by atoms with Crippen LogP contribution in [0.25, 0.3) is 0 Å². The van der Waals surface area contributed by atoms with Gasteiger partial charge in [-0.1, -0.05) is 6.58 Å². The molecule has 0 aromatic carbocycles. The van der Waals surface area contributed by atoms with Gasteiger partial charge in [-0.25, -0.2) is 9.59 Å². The number of carbonyl (C=O) groups excluding carboxylic acids is 2. The minimum Gasteiger partial charge on any atom is -0.422 e. The third-order valence-corrected chi connectivity index (χ3v) is 1.13. The van der Waals surface area contributed by atoms with Crippen LogP contribution in [0.2, 0.25) is 0 Å². The second-order valence-electron chi connectivity index (χ2n) is 2.91. The maximum absolute atomic E-state index is 11.0. The first-order chi connectivity index (χ1) is 6.45. The lowest BCUT2D eigenvalue weighted by Gasteiger charge is -2.14. The second kappa shape index (κ2) is 6.01. The predicted octanol–water partition coefficient (Wildman–Crippen LogP) is 1.20. The Balaban J connectivity index is 3.82. The van der Waals surface area contributed by atoms with Crippen molar-refractivity contribution in [1.29, 1.82) is 0 Å². The molecule has 0 saturated heterocycles. The second-order valence-corrected chi connectivity index (χ2v) is 2.91. The van der Waals surface area contributed by atoms with E-state index in [-0.39, 0.29) is 6.04 Å². The zero-order valence-corrected chi connectivity index (χ0v) is 8.57. The molecule has 0 aliphatic heterocycles. The van der Waals surface area contributed by atoms with E-state index in [0.29, 0.717) is 0 Å². The molecule has 0 saturated carbocycles. The van der Waals surface area contributed by atoms with E-state index in [1.807, 2.05) is 0 Å². The number of hydrogen-bond acceptors (Lipinski definition) is 4. The molecule has 5 heteroatoms. The summed E-state index contributed by atoms with van der Waals surface area (Å²) in [6.45, 7) is 8.24. The van der Waals surface area contributed by atoms with Crippen LogP contribution in [0.3, 0.4) is 0 Å². The van der Waals surface area contributed by atoms with E-state index in [1.165, 1.54) is 6.92 Å². The smallest absolute Gasteiger partial charge is 0.410 e. The van der Waals surface area contributed by atoms with Crippen molar-refractivity contribution >= 4 is 12.1 Å². The zero-order valence-electron chi connectivity index (χ0n) is 8.57. The van der Waals surface area contributed by atoms with Crippen LogP contribution in [-0.4, -0.2) is 24.4 Å². The molecule has 0 aliphatic rings. The minimum absolute atomic E-state index is 0.0233. The van der Waals surface area contributed by atoms with Gasteiger partial charge in [0.05, 0.1) is 0 Å². The van der Waals surface area contributed by atoms with Crippen molar-refractivity contribution in [1.82, 2.24) is 5.32 Å². The van der Waals surface area contributed by atoms with Gasteiger partial charge in [0.2, 0.25) is 6.29 Å². The monoisotopic (exact) mass is 201 g/mol. The number of ether oxygens (including phenoxy) is 2. The SMILES string of the molecule is C=CC(=O)OC(C)OC(=O)NC(C)C. The van der Waals surface area contributed by atoms with Crippen LogP contribution in [0.4, 0.5) is 4.79 Å². The number of nitrogens with one attached hydrogen (secondary N) is 1. The summed E-state index contributed by atoms with van der Waals surface area (Å²) in [7, 11) is 0. The van der Waals surface area contributed by atoms with Gasteiger partial charge in [-0.15, -0.1) is 0 Å². The molecule has 14 heavy (non-hydrogen) atoms. The third kappa shape index (κ3) is 6.05. The topological polar surface area (TPSA) is 64.6 Å². The summed E-state index contributed by atoms with van der Waals surface area (Å²) in [4.78, 5) is 21.7. The Hall–Kier alpha value is -1.52. The highest BCUT2D eigenvalue weighted by Gasteiger charge is 2.12. The van der Waals surface area contributed by atoms with E-state index in [1.54, 1.807) is 13.8 Å². The van der Waals surface area contributed by atoms with Crippen LogP contribution >= 0.6 is 0 Å². The Morgan fingerprint density at radius 3 is 2.29 bits per heavy atom. The molecule has 1 N–H and O–H groups in total. The van der Waals surface area contributed by atoms with Gasteiger partial charge in [0, 0.05) is 19.0 Å². The van der Waals surface area contributed by atoms with Gasteiger partial charge in [0.15, 0.2) is 0 Å². The van der Waals surface area contributed by atoms with Crippen molar-refractivity contribution in [3.8, 4) is 0 Å². The fourth-order valence-electron chi connectivity index (χ4n) is 0.656. The quantitative estimate of drug-likeness (QED) is 0.421. The standard InChI is InChI=1S/C9H15NO4/c1-5-8(11)13-7(4)14-9(12)10-6(2)3/h5-7H,1H2,2-4H3,(H,10,12). The molecule has 0 spiro atoms. The Labute approximate surface area is 83.1 Å². The van der Waals surface area contributed by atoms with E-state index in [2.05, 4.69) is 16.6 Å². The summed E-state index contributed by atoms with van der Waals surface area (Å²) in [5.74, 6) is -0.630. The maximum atomic E-state index is 11.0. The fourth-order valence-corrected chi connectivity index (χ4v) is 0.656. The van der Waals surface area contributed by atoms with Gasteiger partial charge in [0.1, 0.15) is 0 Å². The lowest BCUT2D eigenvalue weighted by atomic mass is 10.4. The van der Waals surface area contributed by atoms with E-state index < -0.39 is 18.4 Å². The average Bonchev–Trinajstić information content (AvgIpc) is 2.01. The molecule has 0 radical (unpaired) electrons. The molecular formula is C9H15NO4. The van der Waals surface area contributed by atoms with Crippen LogP contribution in [0.1, 0.15) is 20.8 Å². The number of carbonyl (C=O) groups is 2. The van der Waals surface area contributed by atoms with Gasteiger partial charge < -0.3 is 14.8 Å². The largest absolute Gasteiger partial charge is 0.422 e. The molecule has 1 unspecified atom stereocenters. The molecule has 1 amide bonds. The highest BCUT2D eigenvalue weighted by molar-refractivity contribution is 5.81. The highest BCUT2D eigenvalue weighted by atomic mass is 16.7. The number of esters is 1. The number of hydrogen-bond donors (Lipinski definition) is 1. The summed E-state index contributed by atoms with van der Waals surface area (Å²) in [5.41, 5.74) is 0. The Morgan fingerprint density at radius 1 is 1.29 bits per heavy atom. The van der Waals surface area contributed by atoms with Crippen molar-refractivity contribution in [2.24, 2.45) is 0 Å². The van der Waals surface area contributed by atoms with E-state index in [4.69, 9.17) is 4.74 Å². The molecule has 5 nitrogen and oxygen atoms in total. The molecule has 0 rings (SSSR count). The average molecular weight is 201 g/mol. The van der Waals surface area contributed by atoms with Crippen molar-refractivity contribution < 1.29 is 19.1 Å². The van der Waals surface area contributed by atoms with Crippen LogP contribution < -0.4 is 5.32 Å². The first kappa shape index (κ1) is 12.5. The lowest BCUT2D eigenvalue weighted by molar-refractivity contribution is -0.158. The molecule has 0 heterocycles.